The molecule has 0 radical (unpaired) electrons. The minimum Gasteiger partial charge on any atom is -0.330 e. The molecule has 0 amide bonds. The van der Waals surface area contributed by atoms with Crippen molar-refractivity contribution in [2.75, 3.05) is 0 Å². The molecule has 0 bridgehead atoms. The third-order valence-electron chi connectivity index (χ3n) is 4.52. The Morgan fingerprint density at radius 3 is 2.70 bits per heavy atom. The Labute approximate surface area is 131 Å². The number of nitrogens with one attached hydrogen (secondary N) is 1. The molecule has 108 valence electrons. The van der Waals surface area contributed by atoms with Gasteiger partial charge in [0.2, 0.25) is 0 Å². The summed E-state index contributed by atoms with van der Waals surface area (Å²) in [5, 5.41) is 0. The first kappa shape index (κ1) is 14.3. The fourth-order valence-corrected chi connectivity index (χ4v) is 3.98. The maximum Gasteiger partial charge on any atom is 0.178 e. The minimum atomic E-state index is -0.254. The molecular weight excluding hydrogens is 339 g/mol. The van der Waals surface area contributed by atoms with Crippen molar-refractivity contribution >= 4 is 39.2 Å². The average molecular weight is 357 g/mol. The van der Waals surface area contributed by atoms with Crippen LogP contribution in [0.2, 0.25) is 0 Å². The van der Waals surface area contributed by atoms with E-state index in [4.69, 9.17) is 12.2 Å². The van der Waals surface area contributed by atoms with Crippen molar-refractivity contribution in [1.29, 1.82) is 0 Å². The van der Waals surface area contributed by atoms with Crippen LogP contribution in [0.4, 0.5) is 4.39 Å². The van der Waals surface area contributed by atoms with Crippen molar-refractivity contribution in [1.82, 2.24) is 9.55 Å². The van der Waals surface area contributed by atoms with Gasteiger partial charge in [-0.25, -0.2) is 4.39 Å². The van der Waals surface area contributed by atoms with Crippen LogP contribution in [-0.4, -0.2) is 9.55 Å². The number of halogens is 2. The molecule has 0 spiro atoms. The van der Waals surface area contributed by atoms with E-state index in [1.807, 2.05) is 6.07 Å². The van der Waals surface area contributed by atoms with E-state index in [0.29, 0.717) is 15.3 Å². The first-order valence-corrected chi connectivity index (χ1v) is 8.39. The van der Waals surface area contributed by atoms with E-state index in [1.54, 1.807) is 0 Å². The number of aromatic nitrogens is 2. The Bertz CT molecular complexity index is 683. The summed E-state index contributed by atoms with van der Waals surface area (Å²) in [6.45, 7) is 2.27. The fourth-order valence-electron chi connectivity index (χ4n) is 3.29. The van der Waals surface area contributed by atoms with E-state index in [-0.39, 0.29) is 5.82 Å². The SMILES string of the molecule is CCC1CCC(n2c(=S)[nH]c3cc(F)c(Br)cc32)CC1. The summed E-state index contributed by atoms with van der Waals surface area (Å²) in [6.07, 6.45) is 6.11. The summed E-state index contributed by atoms with van der Waals surface area (Å²) < 4.78 is 17.0. The molecule has 1 aliphatic rings. The van der Waals surface area contributed by atoms with Gasteiger partial charge in [0, 0.05) is 12.1 Å². The van der Waals surface area contributed by atoms with Crippen LogP contribution in [0.5, 0.6) is 0 Å². The molecule has 0 aliphatic heterocycles. The predicted octanol–water partition coefficient (Wildman–Crippen LogP) is 5.74. The Hall–Kier alpha value is -0.680. The first-order chi connectivity index (χ1) is 9.60. The van der Waals surface area contributed by atoms with Gasteiger partial charge in [-0.2, -0.15) is 0 Å². The summed E-state index contributed by atoms with van der Waals surface area (Å²) in [7, 11) is 0. The highest BCUT2D eigenvalue weighted by Gasteiger charge is 2.23. The second-order valence-corrected chi connectivity index (χ2v) is 6.91. The molecule has 0 unspecified atom stereocenters. The number of aromatic amines is 1. The lowest BCUT2D eigenvalue weighted by Crippen LogP contribution is -2.17. The number of nitrogens with zero attached hydrogens (tertiary/aromatic N) is 1. The zero-order chi connectivity index (χ0) is 14.3. The zero-order valence-electron chi connectivity index (χ0n) is 11.5. The molecular formula is C15H18BrFN2S. The number of imidazole rings is 1. The summed E-state index contributed by atoms with van der Waals surface area (Å²) in [5.74, 6) is 0.602. The lowest BCUT2D eigenvalue weighted by atomic mass is 9.84. The molecule has 5 heteroatoms. The van der Waals surface area contributed by atoms with Gasteiger partial charge in [0.25, 0.3) is 0 Å². The second-order valence-electron chi connectivity index (χ2n) is 5.67. The van der Waals surface area contributed by atoms with Gasteiger partial charge in [0.1, 0.15) is 5.82 Å². The lowest BCUT2D eigenvalue weighted by molar-refractivity contribution is 0.272. The quantitative estimate of drug-likeness (QED) is 0.680. The number of H-pyrrole nitrogens is 1. The molecule has 1 saturated carbocycles. The van der Waals surface area contributed by atoms with E-state index in [9.17, 15) is 4.39 Å². The number of hydrogen-bond acceptors (Lipinski definition) is 1. The summed E-state index contributed by atoms with van der Waals surface area (Å²) in [6, 6.07) is 3.79. The van der Waals surface area contributed by atoms with Crippen LogP contribution in [0.1, 0.15) is 45.1 Å². The van der Waals surface area contributed by atoms with Gasteiger partial charge in [0.05, 0.1) is 15.5 Å². The summed E-state index contributed by atoms with van der Waals surface area (Å²) in [4.78, 5) is 3.13. The van der Waals surface area contributed by atoms with Crippen molar-refractivity contribution in [2.24, 2.45) is 5.92 Å². The normalized spacial score (nSPS) is 23.4. The molecule has 3 rings (SSSR count). The molecule has 2 nitrogen and oxygen atoms in total. The number of rotatable bonds is 2. The fraction of sp³-hybridized carbons (Fsp3) is 0.533. The average Bonchev–Trinajstić information content (AvgIpc) is 2.75. The van der Waals surface area contributed by atoms with Crippen LogP contribution in [0.25, 0.3) is 11.0 Å². The molecule has 1 aliphatic carbocycles. The molecule has 1 aromatic heterocycles. The van der Waals surface area contributed by atoms with Crippen LogP contribution >= 0.6 is 28.1 Å². The van der Waals surface area contributed by atoms with Crippen LogP contribution in [0.15, 0.2) is 16.6 Å². The third-order valence-corrected chi connectivity index (χ3v) is 5.42. The lowest BCUT2D eigenvalue weighted by Gasteiger charge is -2.29. The molecule has 20 heavy (non-hydrogen) atoms. The monoisotopic (exact) mass is 356 g/mol. The number of fused-ring (bicyclic) bond motifs is 1. The van der Waals surface area contributed by atoms with Crippen molar-refractivity contribution < 1.29 is 4.39 Å². The highest BCUT2D eigenvalue weighted by atomic mass is 79.9. The minimum absolute atomic E-state index is 0.254. The van der Waals surface area contributed by atoms with Gasteiger partial charge < -0.3 is 9.55 Å². The van der Waals surface area contributed by atoms with Crippen molar-refractivity contribution in [2.45, 2.75) is 45.1 Å². The zero-order valence-corrected chi connectivity index (χ0v) is 13.9. The Morgan fingerprint density at radius 1 is 1.35 bits per heavy atom. The van der Waals surface area contributed by atoms with Gasteiger partial charge in [-0.3, -0.25) is 0 Å². The largest absolute Gasteiger partial charge is 0.330 e. The molecule has 1 heterocycles. The molecule has 1 aromatic carbocycles. The van der Waals surface area contributed by atoms with Crippen LogP contribution in [0.3, 0.4) is 0 Å². The van der Waals surface area contributed by atoms with E-state index >= 15 is 0 Å². The smallest absolute Gasteiger partial charge is 0.178 e. The van der Waals surface area contributed by atoms with Crippen LogP contribution in [0, 0.1) is 16.5 Å². The Morgan fingerprint density at radius 2 is 2.05 bits per heavy atom. The molecule has 2 aromatic rings. The van der Waals surface area contributed by atoms with Gasteiger partial charge in [-0.1, -0.05) is 13.3 Å². The standard InChI is InChI=1S/C15H18BrFN2S/c1-2-9-3-5-10(6-4-9)19-14-7-11(16)12(17)8-13(14)18-15(19)20/h7-10H,2-6H2,1H3,(H,18,20). The highest BCUT2D eigenvalue weighted by Crippen LogP contribution is 2.36. The van der Waals surface area contributed by atoms with E-state index in [2.05, 4.69) is 32.4 Å². The second kappa shape index (κ2) is 5.60. The highest BCUT2D eigenvalue weighted by molar-refractivity contribution is 9.10. The summed E-state index contributed by atoms with van der Waals surface area (Å²) >= 11 is 8.72. The van der Waals surface area contributed by atoms with Crippen LogP contribution in [-0.2, 0) is 0 Å². The molecule has 0 saturated heterocycles. The molecule has 1 fully saturated rings. The van der Waals surface area contributed by atoms with Gasteiger partial charge in [-0.05, 0) is 65.8 Å². The first-order valence-electron chi connectivity index (χ1n) is 7.19. The van der Waals surface area contributed by atoms with Crippen molar-refractivity contribution in [3.8, 4) is 0 Å². The van der Waals surface area contributed by atoms with Gasteiger partial charge >= 0.3 is 0 Å². The maximum atomic E-state index is 13.6. The van der Waals surface area contributed by atoms with E-state index in [0.717, 1.165) is 29.8 Å². The predicted molar refractivity (Wildman–Crippen MR) is 86.1 cm³/mol. The Kier molecular flexibility index (Phi) is 4.00. The molecule has 1 N–H and O–H groups in total. The molecule has 0 atom stereocenters. The van der Waals surface area contributed by atoms with Gasteiger partial charge in [0.15, 0.2) is 4.77 Å². The number of hydrogen-bond donors (Lipinski definition) is 1. The van der Waals surface area contributed by atoms with Crippen LogP contribution < -0.4 is 0 Å². The van der Waals surface area contributed by atoms with Crippen molar-refractivity contribution in [3.05, 3.63) is 27.2 Å². The number of benzene rings is 1. The Balaban J connectivity index is 2.01. The maximum absolute atomic E-state index is 13.6. The topological polar surface area (TPSA) is 20.7 Å². The summed E-state index contributed by atoms with van der Waals surface area (Å²) in [5.41, 5.74) is 1.79. The third kappa shape index (κ3) is 2.46. The van der Waals surface area contributed by atoms with Gasteiger partial charge in [-0.15, -0.1) is 0 Å². The van der Waals surface area contributed by atoms with Crippen molar-refractivity contribution in [3.63, 3.8) is 0 Å². The van der Waals surface area contributed by atoms with E-state index < -0.39 is 0 Å². The van der Waals surface area contributed by atoms with E-state index in [1.165, 1.54) is 25.3 Å².